The largest absolute Gasteiger partial charge is 0.0959 e. The van der Waals surface area contributed by atoms with Crippen LogP contribution in [-0.2, 0) is 23.6 Å². The van der Waals surface area contributed by atoms with E-state index in [0.29, 0.717) is 0 Å². The lowest BCUT2D eigenvalue weighted by Crippen LogP contribution is -2.51. The van der Waals surface area contributed by atoms with E-state index >= 15 is 0 Å². The SMILES string of the molecule is CC(C)(C)C(P=S)(C(C)(C)C)[P@@](C)(=S)C(C)(C)C. The van der Waals surface area contributed by atoms with Crippen molar-refractivity contribution in [3.8, 4) is 0 Å². The third-order valence-electron chi connectivity index (χ3n) is 4.12. The summed E-state index contributed by atoms with van der Waals surface area (Å²) in [7, 11) is 1.03. The van der Waals surface area contributed by atoms with Crippen LogP contribution < -0.4 is 0 Å². The molecule has 0 aliphatic rings. The minimum absolute atomic E-state index is 0.00984. The van der Waals surface area contributed by atoms with Crippen molar-refractivity contribution in [3.05, 3.63) is 0 Å². The van der Waals surface area contributed by atoms with Gasteiger partial charge in [0, 0.05) is 0 Å². The fraction of sp³-hybridized carbons (Fsp3) is 1.00. The van der Waals surface area contributed by atoms with Crippen molar-refractivity contribution >= 4 is 37.0 Å². The van der Waals surface area contributed by atoms with Gasteiger partial charge in [0.1, 0.15) is 0 Å². The van der Waals surface area contributed by atoms with Gasteiger partial charge in [-0.2, -0.15) is 0 Å². The van der Waals surface area contributed by atoms with Crippen LogP contribution in [0, 0.1) is 10.8 Å². The zero-order chi connectivity index (χ0) is 15.2. The molecular weight excluding hydrogens is 294 g/mol. The van der Waals surface area contributed by atoms with Gasteiger partial charge in [0.2, 0.25) is 0 Å². The maximum Gasteiger partial charge on any atom is 0.0614 e. The van der Waals surface area contributed by atoms with Gasteiger partial charge in [0.25, 0.3) is 0 Å². The molecule has 0 nitrogen and oxygen atoms in total. The molecule has 4 heteroatoms. The van der Waals surface area contributed by atoms with Crippen LogP contribution in [0.1, 0.15) is 62.3 Å². The number of hydrogen-bond acceptors (Lipinski definition) is 2. The van der Waals surface area contributed by atoms with Crippen molar-refractivity contribution in [1.29, 1.82) is 0 Å². The highest BCUT2D eigenvalue weighted by Crippen LogP contribution is 2.78. The normalized spacial score (nSPS) is 18.8. The Labute approximate surface area is 127 Å². The van der Waals surface area contributed by atoms with Gasteiger partial charge < -0.3 is 0 Å². The van der Waals surface area contributed by atoms with Crippen LogP contribution in [0.15, 0.2) is 0 Å². The Morgan fingerprint density at radius 2 is 1.06 bits per heavy atom. The van der Waals surface area contributed by atoms with Gasteiger partial charge in [0.05, 0.1) is 4.90 Å². The summed E-state index contributed by atoms with van der Waals surface area (Å²) >= 11 is 11.9. The summed E-state index contributed by atoms with van der Waals surface area (Å²) in [5.74, 6) is 0. The quantitative estimate of drug-likeness (QED) is 0.564. The minimum Gasteiger partial charge on any atom is -0.0959 e. The lowest BCUT2D eigenvalue weighted by molar-refractivity contribution is 0.212. The summed E-state index contributed by atoms with van der Waals surface area (Å²) in [6.45, 7) is 23.1. The van der Waals surface area contributed by atoms with E-state index in [1.54, 1.807) is 0 Å². The summed E-state index contributed by atoms with van der Waals surface area (Å²) < 4.78 is 0. The molecule has 1 atom stereocenters. The number of rotatable bonds is 2. The fourth-order valence-corrected chi connectivity index (χ4v) is 14.4. The standard InChI is InChI=1S/C14H30P2S2/c1-11(2,3)14(15-17,12(4,5)6)16(10,18)13(7,8)9/h1-10H3/t16-/m0/s1. The predicted molar refractivity (Wildman–Crippen MR) is 95.9 cm³/mol. The van der Waals surface area contributed by atoms with Gasteiger partial charge in [0.15, 0.2) is 0 Å². The average molecular weight is 324 g/mol. The monoisotopic (exact) mass is 324 g/mol. The lowest BCUT2D eigenvalue weighted by Gasteiger charge is -2.59. The molecule has 0 amide bonds. The molecule has 0 aromatic carbocycles. The van der Waals surface area contributed by atoms with Crippen molar-refractivity contribution in [1.82, 2.24) is 0 Å². The minimum atomic E-state index is -1.64. The van der Waals surface area contributed by atoms with E-state index in [2.05, 4.69) is 69.0 Å². The lowest BCUT2D eigenvalue weighted by atomic mass is 9.76. The Balaban J connectivity index is 6.47. The van der Waals surface area contributed by atoms with Crippen molar-refractivity contribution in [2.75, 3.05) is 6.66 Å². The van der Waals surface area contributed by atoms with Gasteiger partial charge in [-0.3, -0.25) is 0 Å². The van der Waals surface area contributed by atoms with Crippen LogP contribution in [-0.4, -0.2) is 16.7 Å². The molecule has 0 fully saturated rings. The van der Waals surface area contributed by atoms with Crippen LogP contribution >= 0.6 is 13.4 Å². The molecule has 0 aliphatic heterocycles. The van der Waals surface area contributed by atoms with Crippen molar-refractivity contribution in [3.63, 3.8) is 0 Å². The van der Waals surface area contributed by atoms with E-state index in [1.165, 1.54) is 0 Å². The molecule has 0 aliphatic carbocycles. The summed E-state index contributed by atoms with van der Waals surface area (Å²) in [5, 5.41) is 0.148. The van der Waals surface area contributed by atoms with E-state index in [1.807, 2.05) is 0 Å². The first-order chi connectivity index (χ1) is 7.56. The van der Waals surface area contributed by atoms with Crippen molar-refractivity contribution in [2.24, 2.45) is 10.8 Å². The molecule has 0 saturated heterocycles. The molecule has 0 rings (SSSR count). The third-order valence-corrected chi connectivity index (χ3v) is 16.5. The maximum absolute atomic E-state index is 6.25. The Hall–Kier alpha value is 1.17. The molecule has 0 aromatic rings. The Bertz CT molecular complexity index is 351. The van der Waals surface area contributed by atoms with E-state index in [4.69, 9.17) is 23.6 Å². The summed E-state index contributed by atoms with van der Waals surface area (Å²) in [6.07, 6.45) is 0. The summed E-state index contributed by atoms with van der Waals surface area (Å²) in [4.78, 5) is 0.00984. The zero-order valence-electron chi connectivity index (χ0n) is 13.7. The van der Waals surface area contributed by atoms with Crippen LogP contribution in [0.5, 0.6) is 0 Å². The molecule has 0 heterocycles. The predicted octanol–water partition coefficient (Wildman–Crippen LogP) is 6.09. The second kappa shape index (κ2) is 5.18. The van der Waals surface area contributed by atoms with E-state index in [9.17, 15) is 0 Å². The highest BCUT2D eigenvalue weighted by molar-refractivity contribution is 8.19. The van der Waals surface area contributed by atoms with Gasteiger partial charge >= 0.3 is 0 Å². The van der Waals surface area contributed by atoms with Crippen LogP contribution in [0.3, 0.4) is 0 Å². The van der Waals surface area contributed by atoms with E-state index in [-0.39, 0.29) is 20.9 Å². The smallest absolute Gasteiger partial charge is 0.0614 e. The first-order valence-electron chi connectivity index (χ1n) is 6.48. The molecule has 0 spiro atoms. The Morgan fingerprint density at radius 1 is 0.778 bits per heavy atom. The molecule has 0 aromatic heterocycles. The first-order valence-corrected chi connectivity index (χ1v) is 11.6. The summed E-state index contributed by atoms with van der Waals surface area (Å²) in [5.41, 5.74) is 0.234. The third kappa shape index (κ3) is 2.78. The first kappa shape index (κ1) is 19.2. The zero-order valence-corrected chi connectivity index (χ0v) is 17.1. The van der Waals surface area contributed by atoms with E-state index in [0.717, 1.165) is 7.36 Å². The highest BCUT2D eigenvalue weighted by Gasteiger charge is 2.59. The second-order valence-electron chi connectivity index (χ2n) is 8.36. The maximum atomic E-state index is 6.25. The molecule has 0 N–H and O–H groups in total. The van der Waals surface area contributed by atoms with Gasteiger partial charge in [-0.1, -0.05) is 85.9 Å². The van der Waals surface area contributed by atoms with Crippen molar-refractivity contribution in [2.45, 2.75) is 72.4 Å². The fourth-order valence-electron chi connectivity index (χ4n) is 3.24. The van der Waals surface area contributed by atoms with Gasteiger partial charge in [-0.25, -0.2) is 0 Å². The molecule has 0 saturated carbocycles. The molecule has 108 valence electrons. The molecule has 18 heavy (non-hydrogen) atoms. The Morgan fingerprint density at radius 3 is 1.11 bits per heavy atom. The van der Waals surface area contributed by atoms with Crippen LogP contribution in [0.2, 0.25) is 0 Å². The van der Waals surface area contributed by atoms with Crippen LogP contribution in [0.25, 0.3) is 0 Å². The van der Waals surface area contributed by atoms with Crippen LogP contribution in [0.4, 0.5) is 0 Å². The molecule has 0 radical (unpaired) electrons. The Kier molecular flexibility index (Phi) is 5.51. The molecule has 0 unspecified atom stereocenters. The van der Waals surface area contributed by atoms with Gasteiger partial charge in [-0.15, -0.1) is 0 Å². The molecular formula is C14H30P2S2. The van der Waals surface area contributed by atoms with E-state index < -0.39 is 6.04 Å². The number of hydrogen-bond donors (Lipinski definition) is 0. The second-order valence-corrected chi connectivity index (χ2v) is 16.2. The highest BCUT2D eigenvalue weighted by atomic mass is 32.5. The average Bonchev–Trinajstić information content (AvgIpc) is 1.96. The van der Waals surface area contributed by atoms with Crippen molar-refractivity contribution < 1.29 is 0 Å². The summed E-state index contributed by atoms with van der Waals surface area (Å²) in [6, 6.07) is -1.64. The van der Waals surface area contributed by atoms with Gasteiger partial charge in [-0.05, 0) is 36.0 Å². The topological polar surface area (TPSA) is 0 Å². The molecule has 0 bridgehead atoms.